The number of ether oxygens (including phenoxy) is 3. The number of urea groups is 1. The maximum absolute atomic E-state index is 14.2. The molecule has 2 N–H and O–H groups in total. The molecule has 2 fully saturated rings. The van der Waals surface area contributed by atoms with Gasteiger partial charge in [-0.3, -0.25) is 19.6 Å². The first-order valence-electron chi connectivity index (χ1n) is 18.9. The third-order valence-electron chi connectivity index (χ3n) is 10.9. The SMILES string of the molecule is CCn1c(-c2cccnc2[C@H](C)OC)c2c3cc(ccc31)-c1csc(n1)C[C@H](NC(=O)N1CC[C@@H]1COC)C(=O)N1CCC[C@H](N1)C(=O)OCC(C)(C)C2. The minimum Gasteiger partial charge on any atom is -0.464 e. The number of nitrogens with one attached hydrogen (secondary N) is 2. The van der Waals surface area contributed by atoms with E-state index in [1.165, 1.54) is 16.3 Å². The number of fused-ring (bicyclic) bond motifs is 6. The van der Waals surface area contributed by atoms with Gasteiger partial charge in [-0.15, -0.1) is 11.3 Å². The van der Waals surface area contributed by atoms with Gasteiger partial charge in [0.15, 0.2) is 0 Å². The highest BCUT2D eigenvalue weighted by Crippen LogP contribution is 2.42. The number of methoxy groups -OCH3 is 2. The van der Waals surface area contributed by atoms with Crippen molar-refractivity contribution in [3.05, 3.63) is 58.2 Å². The number of cyclic esters (lactones) is 1. The van der Waals surface area contributed by atoms with Gasteiger partial charge in [-0.1, -0.05) is 19.9 Å². The molecule has 288 valence electrons. The maximum atomic E-state index is 14.2. The number of hydrogen-bond donors (Lipinski definition) is 2. The number of pyridine rings is 1. The van der Waals surface area contributed by atoms with Crippen LogP contribution < -0.4 is 10.7 Å². The molecular weight excluding hydrogens is 707 g/mol. The smallest absolute Gasteiger partial charge is 0.324 e. The van der Waals surface area contributed by atoms with Crippen molar-refractivity contribution in [2.24, 2.45) is 5.41 Å². The summed E-state index contributed by atoms with van der Waals surface area (Å²) in [7, 11) is 3.31. The van der Waals surface area contributed by atoms with Gasteiger partial charge in [0.25, 0.3) is 5.91 Å². The quantitative estimate of drug-likeness (QED) is 0.234. The monoisotopic (exact) mass is 757 g/mol. The summed E-state index contributed by atoms with van der Waals surface area (Å²) in [5.41, 5.74) is 9.58. The Kier molecular flexibility index (Phi) is 11.1. The molecule has 3 aliphatic rings. The number of hydrazine groups is 1. The van der Waals surface area contributed by atoms with Gasteiger partial charge in [0.05, 0.1) is 47.4 Å². The number of hydrogen-bond acceptors (Lipinski definition) is 10. The summed E-state index contributed by atoms with van der Waals surface area (Å²) in [4.78, 5) is 52.9. The summed E-state index contributed by atoms with van der Waals surface area (Å²) in [6.45, 7) is 10.7. The summed E-state index contributed by atoms with van der Waals surface area (Å²) in [5.74, 6) is -0.725. The lowest BCUT2D eigenvalue weighted by atomic mass is 9.84. The average molecular weight is 758 g/mol. The molecule has 3 aliphatic heterocycles. The number of rotatable bonds is 7. The second-order valence-electron chi connectivity index (χ2n) is 15.3. The Morgan fingerprint density at radius 2 is 2.02 bits per heavy atom. The standard InChI is InChI=1S/C40H51N7O6S/c1-7-45-33-13-12-25-18-28(33)29(36(45)27-10-8-15-41-35(27)24(2)52-6)20-40(3,4)23-53-38(49)30-11-9-16-47(44-30)37(48)31(19-34-42-32(25)22-54-34)43-39(50)46-17-14-26(46)21-51-5/h8,10,12-13,15,18,22,24,26,30-31,44H,7,9,11,14,16-17,19-21,23H2,1-6H3,(H,43,50)/t24-,26+,30-,31-/m0/s1. The number of aromatic nitrogens is 3. The van der Waals surface area contributed by atoms with Crippen LogP contribution in [-0.4, -0.2) is 101 Å². The van der Waals surface area contributed by atoms with Crippen LogP contribution in [-0.2, 0) is 43.2 Å². The number of carbonyl (C=O) groups excluding carboxylic acids is 3. The molecule has 0 saturated carbocycles. The van der Waals surface area contributed by atoms with E-state index in [0.29, 0.717) is 39.0 Å². The number of esters is 1. The zero-order valence-electron chi connectivity index (χ0n) is 32.0. The Bertz CT molecular complexity index is 2030. The largest absolute Gasteiger partial charge is 0.464 e. The summed E-state index contributed by atoms with van der Waals surface area (Å²) >= 11 is 1.46. The Morgan fingerprint density at radius 1 is 1.19 bits per heavy atom. The normalized spacial score (nSPS) is 22.4. The van der Waals surface area contributed by atoms with E-state index in [2.05, 4.69) is 60.3 Å². The lowest BCUT2D eigenvalue weighted by Crippen LogP contribution is -2.63. The Balaban J connectivity index is 1.33. The minimum absolute atomic E-state index is 0.0386. The summed E-state index contributed by atoms with van der Waals surface area (Å²) in [5, 5.41) is 8.30. The van der Waals surface area contributed by atoms with Crippen molar-refractivity contribution in [1.82, 2.24) is 35.2 Å². The molecule has 0 unspecified atom stereocenters. The van der Waals surface area contributed by atoms with E-state index in [-0.39, 0.29) is 37.1 Å². The molecule has 0 aliphatic carbocycles. The van der Waals surface area contributed by atoms with Crippen molar-refractivity contribution in [3.63, 3.8) is 0 Å². The van der Waals surface area contributed by atoms with E-state index in [4.69, 9.17) is 24.2 Å². The van der Waals surface area contributed by atoms with Crippen LogP contribution in [0.3, 0.4) is 0 Å². The van der Waals surface area contributed by atoms with Crippen LogP contribution >= 0.6 is 11.3 Å². The fourth-order valence-electron chi connectivity index (χ4n) is 7.87. The van der Waals surface area contributed by atoms with Gasteiger partial charge in [-0.2, -0.15) is 0 Å². The van der Waals surface area contributed by atoms with Crippen LogP contribution in [0.2, 0.25) is 0 Å². The molecule has 4 aromatic rings. The number of carbonyl (C=O) groups is 3. The molecule has 3 aromatic heterocycles. The fraction of sp³-hybridized carbons (Fsp3) is 0.525. The molecule has 13 nitrogen and oxygen atoms in total. The molecule has 7 rings (SSSR count). The van der Waals surface area contributed by atoms with Gasteiger partial charge in [0.2, 0.25) is 0 Å². The molecular formula is C40H51N7O6S. The van der Waals surface area contributed by atoms with E-state index >= 15 is 0 Å². The van der Waals surface area contributed by atoms with Crippen LogP contribution in [0.1, 0.15) is 69.3 Å². The first kappa shape index (κ1) is 37.9. The molecule has 6 heterocycles. The number of nitrogens with zero attached hydrogens (tertiary/aromatic N) is 5. The van der Waals surface area contributed by atoms with Crippen LogP contribution in [0.5, 0.6) is 0 Å². The van der Waals surface area contributed by atoms with Crippen molar-refractivity contribution < 1.29 is 28.6 Å². The van der Waals surface area contributed by atoms with E-state index in [1.54, 1.807) is 25.3 Å². The van der Waals surface area contributed by atoms with Gasteiger partial charge in [0.1, 0.15) is 12.1 Å². The molecule has 2 saturated heterocycles. The minimum atomic E-state index is -0.904. The summed E-state index contributed by atoms with van der Waals surface area (Å²) in [6, 6.07) is 8.55. The van der Waals surface area contributed by atoms with Crippen molar-refractivity contribution >= 4 is 40.1 Å². The number of thiazole rings is 1. The van der Waals surface area contributed by atoms with E-state index < -0.39 is 23.5 Å². The molecule has 0 spiro atoms. The van der Waals surface area contributed by atoms with Crippen molar-refractivity contribution in [1.29, 1.82) is 0 Å². The molecule has 0 radical (unpaired) electrons. The highest BCUT2D eigenvalue weighted by molar-refractivity contribution is 7.10. The molecule has 3 amide bonds. The van der Waals surface area contributed by atoms with Crippen LogP contribution in [0.4, 0.5) is 4.79 Å². The lowest BCUT2D eigenvalue weighted by molar-refractivity contribution is -0.155. The van der Waals surface area contributed by atoms with Crippen molar-refractivity contribution in [2.45, 2.75) is 90.6 Å². The van der Waals surface area contributed by atoms with Crippen LogP contribution in [0.15, 0.2) is 41.9 Å². The summed E-state index contributed by atoms with van der Waals surface area (Å²) in [6.07, 6.45) is 4.37. The van der Waals surface area contributed by atoms with Crippen molar-refractivity contribution in [2.75, 3.05) is 40.5 Å². The number of likely N-dealkylation sites (tertiary alicyclic amines) is 1. The lowest BCUT2D eigenvalue weighted by Gasteiger charge is -2.41. The fourth-order valence-corrected chi connectivity index (χ4v) is 8.72. The molecule has 6 bridgehead atoms. The Labute approximate surface area is 320 Å². The molecule has 54 heavy (non-hydrogen) atoms. The zero-order valence-corrected chi connectivity index (χ0v) is 32.8. The third-order valence-corrected chi connectivity index (χ3v) is 11.8. The first-order chi connectivity index (χ1) is 26.0. The highest BCUT2D eigenvalue weighted by atomic mass is 32.1. The predicted octanol–water partition coefficient (Wildman–Crippen LogP) is 5.52. The zero-order chi connectivity index (χ0) is 38.1. The molecule has 4 atom stereocenters. The van der Waals surface area contributed by atoms with Gasteiger partial charge in [-0.05, 0) is 69.4 Å². The maximum Gasteiger partial charge on any atom is 0.324 e. The Hall–Kier alpha value is -4.37. The number of aryl methyl sites for hydroxylation is 1. The summed E-state index contributed by atoms with van der Waals surface area (Å²) < 4.78 is 19.5. The third kappa shape index (κ3) is 7.48. The van der Waals surface area contributed by atoms with Gasteiger partial charge < -0.3 is 29.0 Å². The van der Waals surface area contributed by atoms with E-state index in [0.717, 1.165) is 62.6 Å². The van der Waals surface area contributed by atoms with Crippen LogP contribution in [0.25, 0.3) is 33.4 Å². The van der Waals surface area contributed by atoms with Gasteiger partial charge in [-0.25, -0.2) is 15.2 Å². The molecule has 14 heteroatoms. The van der Waals surface area contributed by atoms with E-state index in [9.17, 15) is 14.4 Å². The Morgan fingerprint density at radius 3 is 2.76 bits per heavy atom. The first-order valence-corrected chi connectivity index (χ1v) is 19.8. The number of amides is 3. The molecule has 1 aromatic carbocycles. The van der Waals surface area contributed by atoms with E-state index in [1.807, 2.05) is 18.4 Å². The highest BCUT2D eigenvalue weighted by Gasteiger charge is 2.38. The van der Waals surface area contributed by atoms with Crippen LogP contribution in [0, 0.1) is 5.41 Å². The van der Waals surface area contributed by atoms with Gasteiger partial charge in [0, 0.05) is 79.3 Å². The topological polar surface area (TPSA) is 140 Å². The van der Waals surface area contributed by atoms with Gasteiger partial charge >= 0.3 is 12.0 Å². The number of benzene rings is 1. The average Bonchev–Trinajstić information content (AvgIpc) is 3.76. The van der Waals surface area contributed by atoms with Crippen molar-refractivity contribution in [3.8, 4) is 22.5 Å². The second-order valence-corrected chi connectivity index (χ2v) is 16.2. The predicted molar refractivity (Wildman–Crippen MR) is 207 cm³/mol. The second kappa shape index (κ2) is 15.8.